The summed E-state index contributed by atoms with van der Waals surface area (Å²) < 4.78 is 37.8. The highest BCUT2D eigenvalue weighted by Crippen LogP contribution is 2.12. The van der Waals surface area contributed by atoms with Crippen LogP contribution in [0.2, 0.25) is 0 Å². The first kappa shape index (κ1) is 27.2. The minimum absolute atomic E-state index is 0.0400. The number of nitrogens with zero attached hydrogens (tertiary/aromatic N) is 1. The Labute approximate surface area is 185 Å². The van der Waals surface area contributed by atoms with Crippen LogP contribution in [0.5, 0.6) is 0 Å². The quantitative estimate of drug-likeness (QED) is 0.313. The van der Waals surface area contributed by atoms with Gasteiger partial charge in [-0.25, -0.2) is 13.6 Å². The maximum absolute atomic E-state index is 13.6. The molecule has 0 aliphatic rings. The zero-order chi connectivity index (χ0) is 24.3. The van der Waals surface area contributed by atoms with Gasteiger partial charge in [-0.15, -0.1) is 0 Å². The van der Waals surface area contributed by atoms with Crippen LogP contribution in [0.1, 0.15) is 19.4 Å². The molecule has 1 rings (SSSR count). The number of hydrogen-bond donors (Lipinski definition) is 4. The molecule has 3 amide bonds. The number of rotatable bonds is 13. The van der Waals surface area contributed by atoms with E-state index in [4.69, 9.17) is 20.3 Å². The van der Waals surface area contributed by atoms with E-state index in [-0.39, 0.29) is 25.1 Å². The van der Waals surface area contributed by atoms with Gasteiger partial charge in [-0.05, 0) is 31.5 Å². The van der Waals surface area contributed by atoms with Crippen LogP contribution in [0, 0.1) is 11.6 Å². The van der Waals surface area contributed by atoms with Crippen molar-refractivity contribution in [3.05, 3.63) is 35.4 Å². The monoisotopic (exact) mass is 460 g/mol. The van der Waals surface area contributed by atoms with E-state index >= 15 is 0 Å². The van der Waals surface area contributed by atoms with Crippen molar-refractivity contribution in [2.45, 2.75) is 38.6 Å². The summed E-state index contributed by atoms with van der Waals surface area (Å²) in [4.78, 5) is 37.7. The minimum atomic E-state index is -1.47. The highest BCUT2D eigenvalue weighted by Gasteiger charge is 2.29. The van der Waals surface area contributed by atoms with E-state index < -0.39 is 47.9 Å². The van der Waals surface area contributed by atoms with Crippen molar-refractivity contribution >= 4 is 17.9 Å². The number of halogens is 2. The molecule has 2 unspecified atom stereocenters. The molecular formula is C20H30F2N4O6. The summed E-state index contributed by atoms with van der Waals surface area (Å²) in [6.45, 7) is 3.92. The van der Waals surface area contributed by atoms with E-state index in [2.05, 4.69) is 5.32 Å². The predicted molar refractivity (Wildman–Crippen MR) is 111 cm³/mol. The van der Waals surface area contributed by atoms with Gasteiger partial charge in [0.15, 0.2) is 17.9 Å². The normalized spacial score (nSPS) is 12.8. The standard InChI is InChI=1S/C20H30F2N4O6/c1-4-31-17(32-5-2)11-26(3)19(28)15(9-12-6-7-13(21)14(22)8-12)24-18(27)16(10-23)25-20(29)30/h6-8,15-17,25H,4-5,9-11,23H2,1-3H3,(H,24,27)(H,29,30). The number of carbonyl (C=O) groups is 3. The Kier molecular flexibility index (Phi) is 11.5. The van der Waals surface area contributed by atoms with Gasteiger partial charge in [-0.1, -0.05) is 6.07 Å². The predicted octanol–water partition coefficient (Wildman–Crippen LogP) is 0.445. The number of amides is 3. The highest BCUT2D eigenvalue weighted by atomic mass is 19.2. The van der Waals surface area contributed by atoms with Crippen molar-refractivity contribution in [1.29, 1.82) is 0 Å². The molecule has 0 aliphatic carbocycles. The minimum Gasteiger partial charge on any atom is -0.465 e. The number of benzene rings is 1. The average Bonchev–Trinajstić information content (AvgIpc) is 2.73. The van der Waals surface area contributed by atoms with Crippen molar-refractivity contribution in [1.82, 2.24) is 15.5 Å². The van der Waals surface area contributed by atoms with Crippen LogP contribution in [0.3, 0.4) is 0 Å². The third-order valence-electron chi connectivity index (χ3n) is 4.39. The van der Waals surface area contributed by atoms with Crippen LogP contribution in [0.4, 0.5) is 13.6 Å². The molecule has 0 saturated heterocycles. The molecule has 10 nitrogen and oxygen atoms in total. The van der Waals surface area contributed by atoms with Crippen LogP contribution in [-0.2, 0) is 25.5 Å². The fourth-order valence-electron chi connectivity index (χ4n) is 2.86. The summed E-state index contributed by atoms with van der Waals surface area (Å²) in [7, 11) is 1.47. The number of nitrogens with one attached hydrogen (secondary N) is 2. The first-order valence-electron chi connectivity index (χ1n) is 10.0. The summed E-state index contributed by atoms with van der Waals surface area (Å²) >= 11 is 0. The SMILES string of the molecule is CCOC(CN(C)C(=O)C(Cc1ccc(F)c(F)c1)NC(=O)C(CN)NC(=O)O)OCC. The summed E-state index contributed by atoms with van der Waals surface area (Å²) in [6.07, 6.45) is -2.35. The molecule has 180 valence electrons. The Balaban J connectivity index is 3.08. The smallest absolute Gasteiger partial charge is 0.405 e. The largest absolute Gasteiger partial charge is 0.465 e. The van der Waals surface area contributed by atoms with Crippen LogP contribution < -0.4 is 16.4 Å². The molecule has 12 heteroatoms. The maximum atomic E-state index is 13.6. The lowest BCUT2D eigenvalue weighted by Crippen LogP contribution is -2.57. The number of ether oxygens (including phenoxy) is 2. The number of hydrogen-bond acceptors (Lipinski definition) is 6. The first-order valence-corrected chi connectivity index (χ1v) is 10.0. The van der Waals surface area contributed by atoms with Gasteiger partial charge in [0, 0.05) is 33.2 Å². The number of nitrogens with two attached hydrogens (primary N) is 1. The molecule has 1 aromatic rings. The average molecular weight is 460 g/mol. The fourth-order valence-corrected chi connectivity index (χ4v) is 2.86. The lowest BCUT2D eigenvalue weighted by Gasteiger charge is -2.29. The van der Waals surface area contributed by atoms with Gasteiger partial charge in [-0.3, -0.25) is 9.59 Å². The van der Waals surface area contributed by atoms with Crippen LogP contribution in [-0.4, -0.2) is 79.6 Å². The van der Waals surface area contributed by atoms with Crippen LogP contribution in [0.15, 0.2) is 18.2 Å². The second kappa shape index (κ2) is 13.6. The fraction of sp³-hybridized carbons (Fsp3) is 0.550. The zero-order valence-electron chi connectivity index (χ0n) is 18.3. The third kappa shape index (κ3) is 8.73. The number of carbonyl (C=O) groups excluding carboxylic acids is 2. The molecule has 0 bridgehead atoms. The molecule has 0 heterocycles. The Bertz CT molecular complexity index is 776. The summed E-state index contributed by atoms with van der Waals surface area (Å²) in [5.74, 6) is -3.56. The van der Waals surface area contributed by atoms with Gasteiger partial charge < -0.3 is 35.8 Å². The van der Waals surface area contributed by atoms with Crippen molar-refractivity contribution in [3.8, 4) is 0 Å². The Hall–Kier alpha value is -2.83. The van der Waals surface area contributed by atoms with Crippen LogP contribution >= 0.6 is 0 Å². The third-order valence-corrected chi connectivity index (χ3v) is 4.39. The van der Waals surface area contributed by atoms with E-state index in [0.717, 1.165) is 12.1 Å². The second-order valence-electron chi connectivity index (χ2n) is 6.81. The van der Waals surface area contributed by atoms with Crippen molar-refractivity contribution in [2.75, 3.05) is 33.4 Å². The molecule has 0 aromatic heterocycles. The van der Waals surface area contributed by atoms with E-state index in [9.17, 15) is 23.2 Å². The lowest BCUT2D eigenvalue weighted by atomic mass is 10.0. The van der Waals surface area contributed by atoms with Gasteiger partial charge in [-0.2, -0.15) is 0 Å². The van der Waals surface area contributed by atoms with Gasteiger partial charge >= 0.3 is 6.09 Å². The Morgan fingerprint density at radius 2 is 1.72 bits per heavy atom. The first-order chi connectivity index (χ1) is 15.1. The molecule has 2 atom stereocenters. The molecule has 0 saturated carbocycles. The molecule has 5 N–H and O–H groups in total. The lowest BCUT2D eigenvalue weighted by molar-refractivity contribution is -0.158. The van der Waals surface area contributed by atoms with Crippen molar-refractivity contribution in [3.63, 3.8) is 0 Å². The molecule has 0 fully saturated rings. The van der Waals surface area contributed by atoms with E-state index in [0.29, 0.717) is 13.2 Å². The van der Waals surface area contributed by atoms with E-state index in [1.54, 1.807) is 13.8 Å². The summed E-state index contributed by atoms with van der Waals surface area (Å²) in [5, 5.41) is 13.3. The number of likely N-dealkylation sites (N-methyl/N-ethyl adjacent to an activating group) is 1. The van der Waals surface area contributed by atoms with Gasteiger partial charge in [0.25, 0.3) is 0 Å². The second-order valence-corrected chi connectivity index (χ2v) is 6.81. The van der Waals surface area contributed by atoms with E-state index in [1.165, 1.54) is 18.0 Å². The molecular weight excluding hydrogens is 430 g/mol. The molecule has 0 radical (unpaired) electrons. The van der Waals surface area contributed by atoms with Crippen LogP contribution in [0.25, 0.3) is 0 Å². The van der Waals surface area contributed by atoms with Crippen molar-refractivity contribution < 1.29 is 37.7 Å². The highest BCUT2D eigenvalue weighted by molar-refractivity contribution is 5.91. The van der Waals surface area contributed by atoms with Gasteiger partial charge in [0.1, 0.15) is 12.1 Å². The van der Waals surface area contributed by atoms with Gasteiger partial charge in [0.2, 0.25) is 11.8 Å². The Morgan fingerprint density at radius 3 is 2.22 bits per heavy atom. The topological polar surface area (TPSA) is 143 Å². The molecule has 1 aromatic carbocycles. The van der Waals surface area contributed by atoms with Crippen molar-refractivity contribution in [2.24, 2.45) is 5.73 Å². The molecule has 32 heavy (non-hydrogen) atoms. The van der Waals surface area contributed by atoms with Gasteiger partial charge in [0.05, 0.1) is 6.54 Å². The molecule has 0 spiro atoms. The summed E-state index contributed by atoms with van der Waals surface area (Å²) in [5.41, 5.74) is 5.70. The summed E-state index contributed by atoms with van der Waals surface area (Å²) in [6, 6.07) is 0.584. The zero-order valence-corrected chi connectivity index (χ0v) is 18.3. The molecule has 0 aliphatic heterocycles. The number of carboxylic acid groups (broad SMARTS) is 1. The Morgan fingerprint density at radius 1 is 1.09 bits per heavy atom. The maximum Gasteiger partial charge on any atom is 0.405 e. The van der Waals surface area contributed by atoms with E-state index in [1.807, 2.05) is 5.32 Å².